The van der Waals surface area contributed by atoms with Crippen LogP contribution in [0.5, 0.6) is 5.75 Å². The fourth-order valence-corrected chi connectivity index (χ4v) is 3.72. The molecule has 0 atom stereocenters. The maximum absolute atomic E-state index is 12.9. The number of amides is 2. The van der Waals surface area contributed by atoms with Crippen LogP contribution in [0, 0.1) is 0 Å². The molecule has 4 N–H and O–H groups in total. The molecular weight excluding hydrogens is 468 g/mol. The number of urea groups is 1. The summed E-state index contributed by atoms with van der Waals surface area (Å²) in [5.74, 6) is 2.15. The summed E-state index contributed by atoms with van der Waals surface area (Å²) in [6.45, 7) is 7.10. The monoisotopic (exact) mass is 502 g/mol. The van der Waals surface area contributed by atoms with Gasteiger partial charge in [0.2, 0.25) is 0 Å². The van der Waals surface area contributed by atoms with Crippen molar-refractivity contribution in [2.75, 3.05) is 23.8 Å². The fraction of sp³-hybridized carbons (Fsp3) is 0.321. The maximum atomic E-state index is 12.9. The van der Waals surface area contributed by atoms with Crippen LogP contribution in [0.3, 0.4) is 0 Å². The number of pyridine rings is 1. The van der Waals surface area contributed by atoms with Crippen molar-refractivity contribution in [1.82, 2.24) is 20.1 Å². The van der Waals surface area contributed by atoms with Crippen LogP contribution in [0.1, 0.15) is 45.7 Å². The van der Waals surface area contributed by atoms with Crippen LogP contribution in [0.25, 0.3) is 5.69 Å². The molecule has 0 fully saturated rings. The van der Waals surface area contributed by atoms with E-state index in [0.29, 0.717) is 31.6 Å². The highest BCUT2D eigenvalue weighted by atomic mass is 16.5. The molecule has 0 spiro atoms. The second kappa shape index (κ2) is 11.7. The van der Waals surface area contributed by atoms with Crippen LogP contribution >= 0.6 is 0 Å². The molecule has 4 rings (SSSR count). The van der Waals surface area contributed by atoms with Crippen molar-refractivity contribution >= 4 is 17.5 Å². The molecule has 2 heterocycles. The highest BCUT2D eigenvalue weighted by Gasteiger charge is 2.22. The number of nitrogens with zero attached hydrogens (tertiary/aromatic N) is 3. The molecule has 0 bridgehead atoms. The molecular formula is C28H34N6O3. The van der Waals surface area contributed by atoms with Crippen LogP contribution in [0.15, 0.2) is 78.5 Å². The van der Waals surface area contributed by atoms with E-state index in [2.05, 4.69) is 41.7 Å². The standard InChI is InChI=1S/C28H34N6O3/c1-28(2,3)25-19-26(34(33-25)22-9-5-20(6-10-22)30-15-4-18-35)32-27(36)31-21-7-11-23(12-8-21)37-24-13-16-29-17-14-24/h5-7,9-11,13-14,16-17,19,30,35H,4,8,12,15,18H2,1-3H3,(H2,31,32,36). The van der Waals surface area contributed by atoms with Gasteiger partial charge in [-0.25, -0.2) is 9.48 Å². The first-order chi connectivity index (χ1) is 17.8. The summed E-state index contributed by atoms with van der Waals surface area (Å²) in [6.07, 6.45) is 9.13. The first kappa shape index (κ1) is 26.0. The lowest BCUT2D eigenvalue weighted by molar-refractivity contribution is 0.253. The predicted molar refractivity (Wildman–Crippen MR) is 145 cm³/mol. The average molecular weight is 503 g/mol. The van der Waals surface area contributed by atoms with Gasteiger partial charge in [0.25, 0.3) is 0 Å². The minimum absolute atomic E-state index is 0.152. The first-order valence-electron chi connectivity index (χ1n) is 12.4. The highest BCUT2D eigenvalue weighted by Crippen LogP contribution is 2.27. The predicted octanol–water partition coefficient (Wildman–Crippen LogP) is 5.12. The van der Waals surface area contributed by atoms with Gasteiger partial charge in [0.05, 0.1) is 11.4 Å². The summed E-state index contributed by atoms with van der Waals surface area (Å²) < 4.78 is 7.60. The van der Waals surface area contributed by atoms with Crippen molar-refractivity contribution in [3.05, 3.63) is 84.2 Å². The Morgan fingerprint density at radius 1 is 1.05 bits per heavy atom. The van der Waals surface area contributed by atoms with Crippen molar-refractivity contribution in [2.45, 2.75) is 45.4 Å². The molecule has 3 aromatic rings. The molecule has 2 aromatic heterocycles. The van der Waals surface area contributed by atoms with Crippen LogP contribution in [-0.2, 0) is 5.41 Å². The fourth-order valence-electron chi connectivity index (χ4n) is 3.72. The van der Waals surface area contributed by atoms with Gasteiger partial charge in [-0.1, -0.05) is 20.8 Å². The number of hydrogen-bond donors (Lipinski definition) is 4. The molecule has 0 aliphatic heterocycles. The number of allylic oxidation sites excluding steroid dienone is 4. The third kappa shape index (κ3) is 7.20. The van der Waals surface area contributed by atoms with Crippen LogP contribution < -0.4 is 20.7 Å². The number of anilines is 2. The van der Waals surface area contributed by atoms with E-state index >= 15 is 0 Å². The molecule has 37 heavy (non-hydrogen) atoms. The summed E-state index contributed by atoms with van der Waals surface area (Å²) in [6, 6.07) is 13.0. The Kier molecular flexibility index (Phi) is 8.25. The molecule has 0 radical (unpaired) electrons. The second-order valence-electron chi connectivity index (χ2n) is 9.82. The number of carbonyl (C=O) groups is 1. The number of aliphatic hydroxyl groups is 1. The van der Waals surface area contributed by atoms with Gasteiger partial charge in [0.1, 0.15) is 17.3 Å². The zero-order valence-corrected chi connectivity index (χ0v) is 21.5. The van der Waals surface area contributed by atoms with E-state index in [4.69, 9.17) is 14.9 Å². The number of benzene rings is 1. The van der Waals surface area contributed by atoms with E-state index in [1.807, 2.05) is 54.6 Å². The molecule has 194 valence electrons. The van der Waals surface area contributed by atoms with Crippen LogP contribution in [-0.4, -0.2) is 39.1 Å². The lowest BCUT2D eigenvalue weighted by Gasteiger charge is -2.17. The Balaban J connectivity index is 1.45. The SMILES string of the molecule is CC(C)(C)c1cc(NC(=O)NC2=CC=C(Oc3ccncc3)CC2)n(-c2ccc(NCCCO)cc2)n1. The minimum atomic E-state index is -0.331. The molecule has 1 aliphatic carbocycles. The van der Waals surface area contributed by atoms with Gasteiger partial charge in [-0.15, -0.1) is 0 Å². The number of hydrogen-bond acceptors (Lipinski definition) is 6. The van der Waals surface area contributed by atoms with Gasteiger partial charge in [0.15, 0.2) is 0 Å². The molecule has 1 aromatic carbocycles. The van der Waals surface area contributed by atoms with Crippen LogP contribution in [0.2, 0.25) is 0 Å². The van der Waals surface area contributed by atoms with E-state index < -0.39 is 0 Å². The van der Waals surface area contributed by atoms with Crippen molar-refractivity contribution in [3.8, 4) is 11.4 Å². The molecule has 0 saturated carbocycles. The number of ether oxygens (including phenoxy) is 1. The first-order valence-corrected chi connectivity index (χ1v) is 12.4. The Hall–Kier alpha value is -4.11. The third-order valence-corrected chi connectivity index (χ3v) is 5.78. The molecule has 1 aliphatic rings. The Morgan fingerprint density at radius 2 is 1.81 bits per heavy atom. The Morgan fingerprint density at radius 3 is 2.46 bits per heavy atom. The average Bonchev–Trinajstić information content (AvgIpc) is 3.31. The van der Waals surface area contributed by atoms with Gasteiger partial charge in [-0.05, 0) is 61.4 Å². The summed E-state index contributed by atoms with van der Waals surface area (Å²) in [5, 5.41) is 22.9. The van der Waals surface area contributed by atoms with Crippen molar-refractivity contribution in [2.24, 2.45) is 0 Å². The second-order valence-corrected chi connectivity index (χ2v) is 9.82. The Bertz CT molecular complexity index is 1260. The number of carbonyl (C=O) groups excluding carboxylic acids is 1. The molecule has 0 unspecified atom stereocenters. The Labute approximate surface area is 217 Å². The van der Waals surface area contributed by atoms with E-state index in [0.717, 1.165) is 34.3 Å². The topological polar surface area (TPSA) is 113 Å². The van der Waals surface area contributed by atoms with E-state index in [-0.39, 0.29) is 18.1 Å². The summed E-state index contributed by atoms with van der Waals surface area (Å²) >= 11 is 0. The third-order valence-electron chi connectivity index (χ3n) is 5.78. The van der Waals surface area contributed by atoms with Crippen LogP contribution in [0.4, 0.5) is 16.3 Å². The van der Waals surface area contributed by atoms with Crippen molar-refractivity contribution in [3.63, 3.8) is 0 Å². The van der Waals surface area contributed by atoms with Gasteiger partial charge >= 0.3 is 6.03 Å². The van der Waals surface area contributed by atoms with Gasteiger partial charge < -0.3 is 20.5 Å². The lowest BCUT2D eigenvalue weighted by atomic mass is 9.92. The zero-order valence-electron chi connectivity index (χ0n) is 21.5. The number of rotatable bonds is 9. The highest BCUT2D eigenvalue weighted by molar-refractivity contribution is 5.90. The smallest absolute Gasteiger partial charge is 0.324 e. The van der Waals surface area contributed by atoms with Crippen molar-refractivity contribution < 1.29 is 14.6 Å². The zero-order chi connectivity index (χ0) is 26.3. The number of aromatic nitrogens is 3. The molecule has 2 amide bonds. The van der Waals surface area contributed by atoms with E-state index in [1.165, 1.54) is 0 Å². The largest absolute Gasteiger partial charge is 0.462 e. The lowest BCUT2D eigenvalue weighted by Crippen LogP contribution is -2.29. The summed E-state index contributed by atoms with van der Waals surface area (Å²) in [4.78, 5) is 16.9. The maximum Gasteiger partial charge on any atom is 0.324 e. The quantitative estimate of drug-likeness (QED) is 0.302. The van der Waals surface area contributed by atoms with Crippen molar-refractivity contribution in [1.29, 1.82) is 0 Å². The molecule has 0 saturated heterocycles. The number of nitrogens with one attached hydrogen (secondary N) is 3. The molecule has 9 heteroatoms. The normalized spacial score (nSPS) is 13.4. The summed E-state index contributed by atoms with van der Waals surface area (Å²) in [7, 11) is 0. The minimum Gasteiger partial charge on any atom is -0.462 e. The number of aliphatic hydroxyl groups excluding tert-OH is 1. The van der Waals surface area contributed by atoms with E-state index in [1.54, 1.807) is 17.1 Å². The molecule has 9 nitrogen and oxygen atoms in total. The van der Waals surface area contributed by atoms with Gasteiger partial charge in [0, 0.05) is 54.8 Å². The van der Waals surface area contributed by atoms with Gasteiger partial charge in [-0.3, -0.25) is 10.3 Å². The summed E-state index contributed by atoms with van der Waals surface area (Å²) in [5.41, 5.74) is 3.27. The van der Waals surface area contributed by atoms with E-state index in [9.17, 15) is 4.79 Å². The van der Waals surface area contributed by atoms with Gasteiger partial charge in [-0.2, -0.15) is 5.10 Å².